The summed E-state index contributed by atoms with van der Waals surface area (Å²) in [4.78, 5) is 4.82. The van der Waals surface area contributed by atoms with Crippen LogP contribution < -0.4 is 5.90 Å². The summed E-state index contributed by atoms with van der Waals surface area (Å²) in [6.07, 6.45) is 2.04. The van der Waals surface area contributed by atoms with Crippen molar-refractivity contribution in [1.29, 1.82) is 0 Å². The molecule has 0 spiro atoms. The minimum atomic E-state index is -0.0836. The van der Waals surface area contributed by atoms with Gasteiger partial charge < -0.3 is 9.94 Å². The van der Waals surface area contributed by atoms with Crippen molar-refractivity contribution in [2.24, 2.45) is 5.90 Å². The second-order valence-electron chi connectivity index (χ2n) is 4.77. The van der Waals surface area contributed by atoms with Crippen LogP contribution in [0.1, 0.15) is 18.4 Å². The molecule has 2 aromatic rings. The molecule has 1 aliphatic carbocycles. The molecule has 3 heteroatoms. The highest BCUT2D eigenvalue weighted by Crippen LogP contribution is 2.53. The van der Waals surface area contributed by atoms with Crippen LogP contribution in [0.15, 0.2) is 36.4 Å². The highest BCUT2D eigenvalue weighted by molar-refractivity contribution is 5.89. The Kier molecular flexibility index (Phi) is 2.31. The quantitative estimate of drug-likeness (QED) is 0.795. The fourth-order valence-electron chi connectivity index (χ4n) is 2.59. The molecule has 3 rings (SSSR count). The molecule has 2 aromatic carbocycles. The van der Waals surface area contributed by atoms with Crippen molar-refractivity contribution >= 4 is 10.8 Å². The van der Waals surface area contributed by atoms with Gasteiger partial charge in [-0.1, -0.05) is 30.3 Å². The molecule has 0 aliphatic heterocycles. The van der Waals surface area contributed by atoms with Crippen LogP contribution >= 0.6 is 0 Å². The maximum Gasteiger partial charge on any atom is 0.120 e. The predicted octanol–water partition coefficient (Wildman–Crippen LogP) is 2.47. The molecule has 0 atom stereocenters. The summed E-state index contributed by atoms with van der Waals surface area (Å²) >= 11 is 0. The molecule has 0 aromatic heterocycles. The van der Waals surface area contributed by atoms with Gasteiger partial charge in [0.05, 0.1) is 6.61 Å². The summed E-state index contributed by atoms with van der Waals surface area (Å²) in [5.41, 5.74) is 0.903. The lowest BCUT2D eigenvalue weighted by molar-refractivity contribution is 0.115. The zero-order valence-electron chi connectivity index (χ0n) is 9.52. The van der Waals surface area contributed by atoms with E-state index in [2.05, 4.69) is 6.07 Å². The van der Waals surface area contributed by atoms with Gasteiger partial charge in [-0.3, -0.25) is 0 Å². The molecule has 1 aliphatic rings. The Bertz CT molecular complexity index is 561. The molecule has 0 unspecified atom stereocenters. The molecule has 0 bridgehead atoms. The van der Waals surface area contributed by atoms with E-state index in [0.717, 1.165) is 29.2 Å². The maximum absolute atomic E-state index is 10.1. The Hall–Kier alpha value is -1.58. The summed E-state index contributed by atoms with van der Waals surface area (Å²) in [7, 11) is 0. The van der Waals surface area contributed by atoms with E-state index >= 15 is 0 Å². The molecule has 17 heavy (non-hydrogen) atoms. The van der Waals surface area contributed by atoms with Gasteiger partial charge in [-0.05, 0) is 29.7 Å². The maximum atomic E-state index is 10.1. The second kappa shape index (κ2) is 3.72. The summed E-state index contributed by atoms with van der Waals surface area (Å²) in [6, 6.07) is 11.8. The molecule has 0 radical (unpaired) electrons. The van der Waals surface area contributed by atoms with Gasteiger partial charge in [0.25, 0.3) is 0 Å². The number of hydrogen-bond donors (Lipinski definition) is 2. The second-order valence-corrected chi connectivity index (χ2v) is 4.77. The molecule has 3 N–H and O–H groups in total. The molecule has 0 heterocycles. The number of aromatic hydroxyl groups is 1. The van der Waals surface area contributed by atoms with Gasteiger partial charge in [0.1, 0.15) is 5.75 Å². The van der Waals surface area contributed by atoms with E-state index in [4.69, 9.17) is 10.7 Å². The van der Waals surface area contributed by atoms with E-state index in [1.54, 1.807) is 6.07 Å². The number of hydrogen-bond acceptors (Lipinski definition) is 3. The fraction of sp³-hybridized carbons (Fsp3) is 0.286. The van der Waals surface area contributed by atoms with Crippen LogP contribution in [0.3, 0.4) is 0 Å². The third kappa shape index (κ3) is 1.59. The molecule has 1 saturated carbocycles. The number of nitrogens with two attached hydrogens (primary N) is 1. The van der Waals surface area contributed by atoms with Gasteiger partial charge >= 0.3 is 0 Å². The van der Waals surface area contributed by atoms with Crippen LogP contribution in [0.5, 0.6) is 5.75 Å². The lowest BCUT2D eigenvalue weighted by Crippen LogP contribution is -2.18. The van der Waals surface area contributed by atoms with Crippen molar-refractivity contribution in [3.8, 4) is 5.75 Å². The molecular weight excluding hydrogens is 214 g/mol. The van der Waals surface area contributed by atoms with Crippen LogP contribution in [-0.2, 0) is 10.3 Å². The van der Waals surface area contributed by atoms with Gasteiger partial charge in [0.15, 0.2) is 0 Å². The standard InChI is InChI=1S/C14H15NO2/c15-17-9-14(7-8-14)13-11-4-2-1-3-10(11)5-6-12(13)16/h1-6,16H,7-9,15H2. The van der Waals surface area contributed by atoms with Gasteiger partial charge in [0.2, 0.25) is 0 Å². The lowest BCUT2D eigenvalue weighted by Gasteiger charge is -2.18. The van der Waals surface area contributed by atoms with Gasteiger partial charge in [-0.2, -0.15) is 0 Å². The van der Waals surface area contributed by atoms with Gasteiger partial charge in [0, 0.05) is 11.0 Å². The first-order chi connectivity index (χ1) is 8.27. The molecule has 0 saturated heterocycles. The predicted molar refractivity (Wildman–Crippen MR) is 66.7 cm³/mol. The zero-order valence-corrected chi connectivity index (χ0v) is 9.52. The first-order valence-electron chi connectivity index (χ1n) is 5.80. The highest BCUT2D eigenvalue weighted by Gasteiger charge is 2.47. The van der Waals surface area contributed by atoms with Crippen molar-refractivity contribution in [2.45, 2.75) is 18.3 Å². The largest absolute Gasteiger partial charge is 0.508 e. The van der Waals surface area contributed by atoms with Crippen LogP contribution in [0, 0.1) is 0 Å². The Morgan fingerprint density at radius 1 is 1.18 bits per heavy atom. The lowest BCUT2D eigenvalue weighted by atomic mass is 9.90. The Morgan fingerprint density at radius 2 is 1.94 bits per heavy atom. The summed E-state index contributed by atoms with van der Waals surface area (Å²) in [5, 5.41) is 12.4. The van der Waals surface area contributed by atoms with Crippen LogP contribution in [0.2, 0.25) is 0 Å². The van der Waals surface area contributed by atoms with Crippen molar-refractivity contribution in [3.05, 3.63) is 42.0 Å². The average molecular weight is 229 g/mol. The smallest absolute Gasteiger partial charge is 0.120 e. The van der Waals surface area contributed by atoms with Crippen molar-refractivity contribution < 1.29 is 9.94 Å². The fourth-order valence-corrected chi connectivity index (χ4v) is 2.59. The van der Waals surface area contributed by atoms with Crippen LogP contribution in [0.4, 0.5) is 0 Å². The number of phenols is 1. The molecule has 3 nitrogen and oxygen atoms in total. The van der Waals surface area contributed by atoms with Crippen LogP contribution in [-0.4, -0.2) is 11.7 Å². The molecular formula is C14H15NO2. The third-order valence-corrected chi connectivity index (χ3v) is 3.65. The molecule has 88 valence electrons. The normalized spacial score (nSPS) is 17.2. The van der Waals surface area contributed by atoms with E-state index < -0.39 is 0 Å². The van der Waals surface area contributed by atoms with Crippen molar-refractivity contribution in [3.63, 3.8) is 0 Å². The van der Waals surface area contributed by atoms with E-state index in [1.807, 2.05) is 24.3 Å². The topological polar surface area (TPSA) is 55.5 Å². The van der Waals surface area contributed by atoms with E-state index in [9.17, 15) is 5.11 Å². The summed E-state index contributed by atoms with van der Waals surface area (Å²) in [6.45, 7) is 0.467. The Balaban J connectivity index is 2.24. The summed E-state index contributed by atoms with van der Waals surface area (Å²) in [5.74, 6) is 5.55. The third-order valence-electron chi connectivity index (χ3n) is 3.65. The SMILES string of the molecule is NOCC1(c2c(O)ccc3ccccc23)CC1. The van der Waals surface area contributed by atoms with Gasteiger partial charge in [-0.25, -0.2) is 5.90 Å². The van der Waals surface area contributed by atoms with E-state index in [0.29, 0.717) is 12.4 Å². The first-order valence-corrected chi connectivity index (χ1v) is 5.80. The Morgan fingerprint density at radius 3 is 2.65 bits per heavy atom. The number of rotatable bonds is 3. The monoisotopic (exact) mass is 229 g/mol. The minimum Gasteiger partial charge on any atom is -0.508 e. The number of phenolic OH excluding ortho intramolecular Hbond substituents is 1. The molecule has 1 fully saturated rings. The van der Waals surface area contributed by atoms with Crippen molar-refractivity contribution in [1.82, 2.24) is 0 Å². The van der Waals surface area contributed by atoms with Crippen molar-refractivity contribution in [2.75, 3.05) is 6.61 Å². The van der Waals surface area contributed by atoms with Gasteiger partial charge in [-0.15, -0.1) is 0 Å². The van der Waals surface area contributed by atoms with Crippen LogP contribution in [0.25, 0.3) is 10.8 Å². The number of fused-ring (bicyclic) bond motifs is 1. The molecule has 0 amide bonds. The Labute approximate surface area is 99.8 Å². The summed E-state index contributed by atoms with van der Waals surface area (Å²) < 4.78 is 0. The number of benzene rings is 2. The van der Waals surface area contributed by atoms with E-state index in [-0.39, 0.29) is 5.41 Å². The highest BCUT2D eigenvalue weighted by atomic mass is 16.6. The average Bonchev–Trinajstić information content (AvgIpc) is 3.10. The first kappa shape index (κ1) is 10.6. The van der Waals surface area contributed by atoms with E-state index in [1.165, 1.54) is 0 Å². The minimum absolute atomic E-state index is 0.0836. The zero-order chi connectivity index (χ0) is 11.9.